The highest BCUT2D eigenvalue weighted by Crippen LogP contribution is 2.12. The molecule has 144 valence electrons. The second-order valence-corrected chi connectivity index (χ2v) is 6.83. The Balaban J connectivity index is 1.89. The van der Waals surface area contributed by atoms with Gasteiger partial charge in [-0.3, -0.25) is 9.69 Å². The van der Waals surface area contributed by atoms with E-state index in [0.717, 1.165) is 44.2 Å². The summed E-state index contributed by atoms with van der Waals surface area (Å²) in [5.74, 6) is 1.22. The zero-order valence-corrected chi connectivity index (χ0v) is 16.0. The number of aliphatic imine (C=N–C) groups is 1. The second kappa shape index (κ2) is 10.0. The summed E-state index contributed by atoms with van der Waals surface area (Å²) in [7, 11) is 0. The number of guanidine groups is 1. The Bertz CT molecular complexity index is 610. The predicted octanol–water partition coefficient (Wildman–Crippen LogP) is 1.000. The molecule has 0 bridgehead atoms. The number of nitrogens with zero attached hydrogens (tertiary/aromatic N) is 3. The first-order valence-electron chi connectivity index (χ1n) is 9.30. The normalized spacial score (nSPS) is 16.0. The molecule has 7 nitrogen and oxygen atoms in total. The first-order chi connectivity index (χ1) is 12.5. The Morgan fingerprint density at radius 1 is 1.27 bits per heavy atom. The van der Waals surface area contributed by atoms with Crippen molar-refractivity contribution in [1.82, 2.24) is 20.4 Å². The van der Waals surface area contributed by atoms with E-state index in [1.807, 2.05) is 26.0 Å². The molecule has 0 atom stereocenters. The molecular weight excluding hydrogens is 330 g/mol. The quantitative estimate of drug-likeness (QED) is 0.520. The van der Waals surface area contributed by atoms with Crippen molar-refractivity contribution in [1.29, 1.82) is 0 Å². The van der Waals surface area contributed by atoms with Gasteiger partial charge < -0.3 is 20.6 Å². The van der Waals surface area contributed by atoms with Crippen molar-refractivity contribution >= 4 is 11.9 Å². The molecule has 0 unspecified atom stereocenters. The molecule has 2 rings (SSSR count). The van der Waals surface area contributed by atoms with Crippen molar-refractivity contribution in [2.45, 2.75) is 33.4 Å². The lowest BCUT2D eigenvalue weighted by molar-refractivity contribution is -0.123. The maximum Gasteiger partial charge on any atom is 0.234 e. The first kappa shape index (κ1) is 20.0. The Morgan fingerprint density at radius 2 is 2.00 bits per heavy atom. The average molecular weight is 361 g/mol. The maximum atomic E-state index is 11.9. The number of piperazine rings is 1. The van der Waals surface area contributed by atoms with Crippen molar-refractivity contribution in [2.24, 2.45) is 4.99 Å². The van der Waals surface area contributed by atoms with E-state index < -0.39 is 0 Å². The zero-order valence-electron chi connectivity index (χ0n) is 16.0. The first-order valence-corrected chi connectivity index (χ1v) is 9.30. The lowest BCUT2D eigenvalue weighted by Crippen LogP contribution is -2.54. The Labute approximate surface area is 156 Å². The summed E-state index contributed by atoms with van der Waals surface area (Å²) in [4.78, 5) is 21.0. The Hall–Kier alpha value is -2.28. The molecule has 1 aromatic carbocycles. The van der Waals surface area contributed by atoms with Gasteiger partial charge in [-0.15, -0.1) is 0 Å². The van der Waals surface area contributed by atoms with Gasteiger partial charge >= 0.3 is 0 Å². The van der Waals surface area contributed by atoms with Gasteiger partial charge in [-0.25, -0.2) is 4.99 Å². The number of benzene rings is 1. The van der Waals surface area contributed by atoms with Gasteiger partial charge in [0.1, 0.15) is 5.75 Å². The molecule has 0 spiro atoms. The van der Waals surface area contributed by atoms with Gasteiger partial charge in [0.25, 0.3) is 0 Å². The van der Waals surface area contributed by atoms with Crippen molar-refractivity contribution in [3.8, 4) is 5.75 Å². The summed E-state index contributed by atoms with van der Waals surface area (Å²) in [6.45, 7) is 11.1. The van der Waals surface area contributed by atoms with Gasteiger partial charge in [0.15, 0.2) is 5.96 Å². The van der Waals surface area contributed by atoms with Crippen LogP contribution in [0.3, 0.4) is 0 Å². The molecular formula is C19H31N5O2. The smallest absolute Gasteiger partial charge is 0.234 e. The van der Waals surface area contributed by atoms with Crippen molar-refractivity contribution in [2.75, 3.05) is 39.3 Å². The minimum atomic E-state index is 0.0814. The van der Waals surface area contributed by atoms with Crippen LogP contribution in [0, 0.1) is 0 Å². The number of nitrogens with one attached hydrogen (secondary N) is 2. The molecule has 7 heteroatoms. The van der Waals surface area contributed by atoms with Crippen LogP contribution in [-0.4, -0.2) is 72.1 Å². The minimum Gasteiger partial charge on any atom is -0.508 e. The maximum absolute atomic E-state index is 11.9. The van der Waals surface area contributed by atoms with Crippen LogP contribution >= 0.6 is 0 Å². The Kier molecular flexibility index (Phi) is 7.72. The molecule has 3 N–H and O–H groups in total. The fraction of sp³-hybridized carbons (Fsp3) is 0.579. The van der Waals surface area contributed by atoms with Gasteiger partial charge in [-0.2, -0.15) is 0 Å². The fourth-order valence-electron chi connectivity index (χ4n) is 2.94. The number of hydrogen-bond donors (Lipinski definition) is 3. The SMILES string of the molecule is CCNC(=NCc1cccc(O)c1)N1CCN(CC(=O)NC(C)C)CC1. The van der Waals surface area contributed by atoms with E-state index >= 15 is 0 Å². The van der Waals surface area contributed by atoms with E-state index in [-0.39, 0.29) is 17.7 Å². The monoisotopic (exact) mass is 361 g/mol. The van der Waals surface area contributed by atoms with Crippen LogP contribution in [0.25, 0.3) is 0 Å². The summed E-state index contributed by atoms with van der Waals surface area (Å²) in [5.41, 5.74) is 0.976. The molecule has 1 aliphatic heterocycles. The van der Waals surface area contributed by atoms with Gasteiger partial charge in [-0.1, -0.05) is 12.1 Å². The van der Waals surface area contributed by atoms with Crippen molar-refractivity contribution in [3.63, 3.8) is 0 Å². The third kappa shape index (κ3) is 6.55. The topological polar surface area (TPSA) is 80.2 Å². The number of carbonyl (C=O) groups is 1. The number of carbonyl (C=O) groups excluding carboxylic acids is 1. The summed E-state index contributed by atoms with van der Waals surface area (Å²) < 4.78 is 0. The van der Waals surface area contributed by atoms with E-state index in [2.05, 4.69) is 27.4 Å². The molecule has 0 aromatic heterocycles. The highest BCUT2D eigenvalue weighted by atomic mass is 16.3. The molecule has 1 heterocycles. The highest BCUT2D eigenvalue weighted by Gasteiger charge is 2.21. The lowest BCUT2D eigenvalue weighted by Gasteiger charge is -2.36. The van der Waals surface area contributed by atoms with E-state index in [0.29, 0.717) is 13.1 Å². The molecule has 0 saturated carbocycles. The lowest BCUT2D eigenvalue weighted by atomic mass is 10.2. The summed E-state index contributed by atoms with van der Waals surface area (Å²) in [6.07, 6.45) is 0. The zero-order chi connectivity index (χ0) is 18.9. The van der Waals surface area contributed by atoms with Gasteiger partial charge in [0.05, 0.1) is 13.1 Å². The molecule has 1 amide bonds. The average Bonchev–Trinajstić information content (AvgIpc) is 2.59. The van der Waals surface area contributed by atoms with Crippen LogP contribution in [0.2, 0.25) is 0 Å². The van der Waals surface area contributed by atoms with E-state index in [1.165, 1.54) is 0 Å². The standard InChI is InChI=1S/C19H31N5O2/c1-4-20-19(21-13-16-6-5-7-17(25)12-16)24-10-8-23(9-11-24)14-18(26)22-15(2)3/h5-7,12,15,25H,4,8-11,13-14H2,1-3H3,(H,20,21)(H,22,26). The third-order valence-electron chi connectivity index (χ3n) is 4.15. The van der Waals surface area contributed by atoms with Crippen LogP contribution in [-0.2, 0) is 11.3 Å². The molecule has 0 radical (unpaired) electrons. The van der Waals surface area contributed by atoms with Crippen molar-refractivity contribution in [3.05, 3.63) is 29.8 Å². The summed E-state index contributed by atoms with van der Waals surface area (Å²) >= 11 is 0. The number of hydrogen-bond acceptors (Lipinski definition) is 4. The molecule has 1 aromatic rings. The number of aromatic hydroxyl groups is 1. The largest absolute Gasteiger partial charge is 0.508 e. The second-order valence-electron chi connectivity index (χ2n) is 6.83. The van der Waals surface area contributed by atoms with Crippen LogP contribution in [0.15, 0.2) is 29.3 Å². The minimum absolute atomic E-state index is 0.0814. The third-order valence-corrected chi connectivity index (χ3v) is 4.15. The molecule has 0 aliphatic carbocycles. The van der Waals surface area contributed by atoms with E-state index in [1.54, 1.807) is 12.1 Å². The van der Waals surface area contributed by atoms with Gasteiger partial charge in [0, 0.05) is 38.8 Å². The number of rotatable bonds is 6. The van der Waals surface area contributed by atoms with E-state index in [4.69, 9.17) is 4.99 Å². The fourth-order valence-corrected chi connectivity index (χ4v) is 2.94. The van der Waals surface area contributed by atoms with Gasteiger partial charge in [0.2, 0.25) is 5.91 Å². The number of amides is 1. The molecule has 1 saturated heterocycles. The predicted molar refractivity (Wildman–Crippen MR) is 104 cm³/mol. The highest BCUT2D eigenvalue weighted by molar-refractivity contribution is 5.80. The van der Waals surface area contributed by atoms with Crippen LogP contribution in [0.4, 0.5) is 0 Å². The van der Waals surface area contributed by atoms with E-state index in [9.17, 15) is 9.90 Å². The van der Waals surface area contributed by atoms with Gasteiger partial charge in [-0.05, 0) is 38.5 Å². The summed E-state index contributed by atoms with van der Waals surface area (Å²) in [6, 6.07) is 7.35. The Morgan fingerprint density at radius 3 is 2.62 bits per heavy atom. The number of phenolic OH excluding ortho intramolecular Hbond substituents is 1. The van der Waals surface area contributed by atoms with Crippen LogP contribution in [0.5, 0.6) is 5.75 Å². The number of phenols is 1. The van der Waals surface area contributed by atoms with Crippen LogP contribution < -0.4 is 10.6 Å². The molecule has 26 heavy (non-hydrogen) atoms. The summed E-state index contributed by atoms with van der Waals surface area (Å²) in [5, 5.41) is 15.8. The van der Waals surface area contributed by atoms with Crippen molar-refractivity contribution < 1.29 is 9.90 Å². The molecule has 1 aliphatic rings. The van der Waals surface area contributed by atoms with Crippen LogP contribution in [0.1, 0.15) is 26.3 Å². The molecule has 1 fully saturated rings.